The summed E-state index contributed by atoms with van der Waals surface area (Å²) >= 11 is 0. The quantitative estimate of drug-likeness (QED) is 0.771. The van der Waals surface area contributed by atoms with Crippen LogP contribution in [0.4, 0.5) is 0 Å². The Kier molecular flexibility index (Phi) is 3.24. The molecule has 0 aliphatic heterocycles. The third-order valence-electron chi connectivity index (χ3n) is 2.80. The van der Waals surface area contributed by atoms with Crippen LogP contribution in [0.1, 0.15) is 27.5 Å². The molecule has 0 amide bonds. The van der Waals surface area contributed by atoms with E-state index in [-0.39, 0.29) is 5.78 Å². The lowest BCUT2D eigenvalue weighted by Gasteiger charge is -2.07. The highest BCUT2D eigenvalue weighted by Crippen LogP contribution is 2.21. The Labute approximate surface area is 105 Å². The number of ketones is 1. The van der Waals surface area contributed by atoms with Gasteiger partial charge in [-0.05, 0) is 12.5 Å². The van der Waals surface area contributed by atoms with Gasteiger partial charge >= 0.3 is 0 Å². The molecule has 18 heavy (non-hydrogen) atoms. The van der Waals surface area contributed by atoms with Gasteiger partial charge < -0.3 is 0 Å². The smallest absolute Gasteiger partial charge is 0.187 e. The van der Waals surface area contributed by atoms with Crippen molar-refractivity contribution in [2.75, 3.05) is 0 Å². The fourth-order valence-electron chi connectivity index (χ4n) is 1.93. The van der Waals surface area contributed by atoms with Crippen LogP contribution in [0.15, 0.2) is 36.5 Å². The molecule has 4 heteroatoms. The van der Waals surface area contributed by atoms with E-state index in [0.717, 1.165) is 0 Å². The van der Waals surface area contributed by atoms with Gasteiger partial charge in [0, 0.05) is 13.2 Å². The Balaban J connectivity index is 2.39. The number of carbonyl (C=O) groups is 1. The monoisotopic (exact) mass is 239 g/mol. The largest absolute Gasteiger partial charge is 0.292 e. The number of aromatic nitrogens is 2. The van der Waals surface area contributed by atoms with Crippen molar-refractivity contribution >= 4 is 5.78 Å². The lowest BCUT2D eigenvalue weighted by Crippen LogP contribution is -2.11. The fourth-order valence-corrected chi connectivity index (χ4v) is 1.93. The second kappa shape index (κ2) is 4.84. The van der Waals surface area contributed by atoms with Gasteiger partial charge in [0.15, 0.2) is 5.78 Å². The number of rotatable bonds is 3. The zero-order chi connectivity index (χ0) is 13.1. The van der Waals surface area contributed by atoms with Crippen molar-refractivity contribution in [2.24, 2.45) is 7.05 Å². The Hall–Kier alpha value is -2.41. The van der Waals surface area contributed by atoms with E-state index in [1.807, 2.05) is 18.2 Å². The summed E-state index contributed by atoms with van der Waals surface area (Å²) in [6.45, 7) is 1.77. The first kappa shape index (κ1) is 12.1. The molecule has 0 spiro atoms. The van der Waals surface area contributed by atoms with E-state index in [9.17, 15) is 10.1 Å². The van der Waals surface area contributed by atoms with Gasteiger partial charge in [-0.25, -0.2) is 0 Å². The Morgan fingerprint density at radius 1 is 1.39 bits per heavy atom. The van der Waals surface area contributed by atoms with Crippen LogP contribution in [0, 0.1) is 18.3 Å². The van der Waals surface area contributed by atoms with Crippen molar-refractivity contribution in [3.05, 3.63) is 53.3 Å². The molecule has 1 aromatic heterocycles. The summed E-state index contributed by atoms with van der Waals surface area (Å²) < 4.78 is 1.59. The van der Waals surface area contributed by atoms with E-state index in [0.29, 0.717) is 16.8 Å². The molecule has 0 saturated carbocycles. The number of nitrogens with zero attached hydrogens (tertiary/aromatic N) is 3. The first-order valence-electron chi connectivity index (χ1n) is 5.62. The number of hydrogen-bond acceptors (Lipinski definition) is 3. The van der Waals surface area contributed by atoms with Crippen LogP contribution in [0.3, 0.4) is 0 Å². The Bertz CT molecular complexity index is 608. The van der Waals surface area contributed by atoms with Gasteiger partial charge in [0.1, 0.15) is 5.92 Å². The summed E-state index contributed by atoms with van der Waals surface area (Å²) in [4.78, 5) is 12.3. The molecular weight excluding hydrogens is 226 g/mol. The molecule has 1 unspecified atom stereocenters. The molecule has 2 rings (SSSR count). The summed E-state index contributed by atoms with van der Waals surface area (Å²) in [5.74, 6) is -0.969. The van der Waals surface area contributed by atoms with Crippen LogP contribution in [0.25, 0.3) is 0 Å². The van der Waals surface area contributed by atoms with Crippen molar-refractivity contribution in [2.45, 2.75) is 12.8 Å². The van der Waals surface area contributed by atoms with Gasteiger partial charge in [0.2, 0.25) is 0 Å². The van der Waals surface area contributed by atoms with Crippen LogP contribution in [0.5, 0.6) is 0 Å². The lowest BCUT2D eigenvalue weighted by atomic mass is 9.92. The van der Waals surface area contributed by atoms with Crippen LogP contribution in [-0.2, 0) is 7.05 Å². The van der Waals surface area contributed by atoms with Crippen LogP contribution in [-0.4, -0.2) is 15.6 Å². The molecule has 0 aliphatic carbocycles. The average Bonchev–Trinajstić information content (AvgIpc) is 2.70. The highest BCUT2D eigenvalue weighted by molar-refractivity contribution is 6.03. The zero-order valence-electron chi connectivity index (χ0n) is 10.3. The van der Waals surface area contributed by atoms with Gasteiger partial charge in [-0.1, -0.05) is 30.3 Å². The zero-order valence-corrected chi connectivity index (χ0v) is 10.3. The van der Waals surface area contributed by atoms with Gasteiger partial charge in [0.25, 0.3) is 0 Å². The summed E-state index contributed by atoms with van der Waals surface area (Å²) in [7, 11) is 1.76. The predicted octanol–water partition coefficient (Wildman–Crippen LogP) is 2.22. The minimum Gasteiger partial charge on any atom is -0.292 e. The van der Waals surface area contributed by atoms with Gasteiger partial charge in [0.05, 0.1) is 17.3 Å². The van der Waals surface area contributed by atoms with Gasteiger partial charge in [-0.15, -0.1) is 0 Å². The average molecular weight is 239 g/mol. The van der Waals surface area contributed by atoms with Crippen LogP contribution in [0.2, 0.25) is 0 Å². The minimum absolute atomic E-state index is 0.200. The molecular formula is C14H13N3O. The highest BCUT2D eigenvalue weighted by atomic mass is 16.1. The fraction of sp³-hybridized carbons (Fsp3) is 0.214. The second-order valence-electron chi connectivity index (χ2n) is 4.14. The molecule has 1 atom stereocenters. The van der Waals surface area contributed by atoms with Crippen molar-refractivity contribution in [1.29, 1.82) is 5.26 Å². The molecule has 0 saturated heterocycles. The molecule has 0 N–H and O–H groups in total. The Morgan fingerprint density at radius 2 is 2.06 bits per heavy atom. The highest BCUT2D eigenvalue weighted by Gasteiger charge is 2.24. The lowest BCUT2D eigenvalue weighted by molar-refractivity contribution is 0.0978. The first-order valence-corrected chi connectivity index (χ1v) is 5.62. The minimum atomic E-state index is -0.769. The third kappa shape index (κ3) is 2.16. The maximum Gasteiger partial charge on any atom is 0.187 e. The molecule has 2 aromatic rings. The van der Waals surface area contributed by atoms with Crippen LogP contribution >= 0.6 is 0 Å². The van der Waals surface area contributed by atoms with Gasteiger partial charge in [-0.3, -0.25) is 9.48 Å². The molecule has 90 valence electrons. The number of aryl methyl sites for hydroxylation is 2. The standard InChI is InChI=1S/C14H13N3O/c1-10-13(9-17(2)16-10)14(18)12(8-15)11-6-4-3-5-7-11/h3-7,9,12H,1-2H3. The van der Waals surface area contributed by atoms with E-state index in [1.54, 1.807) is 37.0 Å². The van der Waals surface area contributed by atoms with Crippen molar-refractivity contribution in [3.63, 3.8) is 0 Å². The molecule has 0 radical (unpaired) electrons. The number of carbonyl (C=O) groups excluding carboxylic acids is 1. The molecule has 0 aliphatic rings. The van der Waals surface area contributed by atoms with Crippen molar-refractivity contribution < 1.29 is 4.79 Å². The first-order chi connectivity index (χ1) is 8.63. The third-order valence-corrected chi connectivity index (χ3v) is 2.80. The predicted molar refractivity (Wildman–Crippen MR) is 67.1 cm³/mol. The second-order valence-corrected chi connectivity index (χ2v) is 4.14. The molecule has 4 nitrogen and oxygen atoms in total. The number of hydrogen-bond donors (Lipinski definition) is 0. The summed E-state index contributed by atoms with van der Waals surface area (Å²) in [5, 5.41) is 13.3. The molecule has 1 heterocycles. The van der Waals surface area contributed by atoms with Crippen LogP contribution < -0.4 is 0 Å². The van der Waals surface area contributed by atoms with E-state index in [4.69, 9.17) is 0 Å². The maximum absolute atomic E-state index is 12.3. The van der Waals surface area contributed by atoms with E-state index in [1.165, 1.54) is 0 Å². The van der Waals surface area contributed by atoms with Gasteiger partial charge in [-0.2, -0.15) is 10.4 Å². The summed E-state index contributed by atoms with van der Waals surface area (Å²) in [5.41, 5.74) is 1.87. The molecule has 0 fully saturated rings. The molecule has 0 bridgehead atoms. The van der Waals surface area contributed by atoms with E-state index in [2.05, 4.69) is 11.2 Å². The summed E-state index contributed by atoms with van der Waals surface area (Å²) in [6, 6.07) is 11.1. The Morgan fingerprint density at radius 3 is 2.56 bits per heavy atom. The topological polar surface area (TPSA) is 58.7 Å². The number of nitriles is 1. The summed E-state index contributed by atoms with van der Waals surface area (Å²) in [6.07, 6.45) is 1.66. The number of benzene rings is 1. The SMILES string of the molecule is Cc1nn(C)cc1C(=O)C(C#N)c1ccccc1. The molecule has 1 aromatic carbocycles. The van der Waals surface area contributed by atoms with E-state index >= 15 is 0 Å². The maximum atomic E-state index is 12.3. The van der Waals surface area contributed by atoms with Crippen molar-refractivity contribution in [3.8, 4) is 6.07 Å². The van der Waals surface area contributed by atoms with Crippen molar-refractivity contribution in [1.82, 2.24) is 9.78 Å². The normalized spacial score (nSPS) is 11.8. The number of Topliss-reactive ketones (excluding diaryl/α,β-unsaturated/α-hetero) is 1. The van der Waals surface area contributed by atoms with E-state index < -0.39 is 5.92 Å².